The molecular formula is C21H16N4O2. The molecule has 0 bridgehead atoms. The van der Waals surface area contributed by atoms with Crippen molar-refractivity contribution in [2.45, 2.75) is 0 Å². The van der Waals surface area contributed by atoms with E-state index in [1.54, 1.807) is 42.9 Å². The third kappa shape index (κ3) is 3.41. The summed E-state index contributed by atoms with van der Waals surface area (Å²) in [7, 11) is 0. The Bertz CT molecular complexity index is 1110. The number of rotatable bonds is 5. The van der Waals surface area contributed by atoms with Crippen molar-refractivity contribution in [3.8, 4) is 11.5 Å². The van der Waals surface area contributed by atoms with Crippen LogP contribution in [-0.4, -0.2) is 15.9 Å². The molecule has 4 rings (SSSR count). The van der Waals surface area contributed by atoms with E-state index < -0.39 is 0 Å². The monoisotopic (exact) mass is 356 g/mol. The van der Waals surface area contributed by atoms with Gasteiger partial charge in [0.05, 0.1) is 23.0 Å². The number of amides is 1. The van der Waals surface area contributed by atoms with Crippen LogP contribution in [0.25, 0.3) is 28.1 Å². The molecule has 0 saturated heterocycles. The van der Waals surface area contributed by atoms with E-state index in [2.05, 4.69) is 27.4 Å². The highest BCUT2D eigenvalue weighted by Crippen LogP contribution is 2.25. The molecular weight excluding hydrogens is 340 g/mol. The first-order valence-electron chi connectivity index (χ1n) is 8.32. The minimum atomic E-state index is -0.300. The molecule has 0 spiro atoms. The topological polar surface area (TPSA) is 80.0 Å². The Kier molecular flexibility index (Phi) is 4.37. The Morgan fingerprint density at radius 3 is 2.70 bits per heavy atom. The molecule has 27 heavy (non-hydrogen) atoms. The lowest BCUT2D eigenvalue weighted by Gasteiger charge is -2.13. The standard InChI is InChI=1S/C21H16N4O2/c1-14(15-6-4-10-22-13-15)24-25-21(26)17-12-19(20-9-5-11-27-20)23-18-8-3-2-7-16(17)18/h2-13,24H,1H2,(H,25,26). The molecule has 0 aliphatic heterocycles. The molecule has 0 aliphatic rings. The van der Waals surface area contributed by atoms with Crippen molar-refractivity contribution in [3.63, 3.8) is 0 Å². The van der Waals surface area contributed by atoms with Crippen molar-refractivity contribution in [1.29, 1.82) is 0 Å². The number of fused-ring (bicyclic) bond motifs is 1. The van der Waals surface area contributed by atoms with E-state index in [1.807, 2.05) is 30.3 Å². The van der Waals surface area contributed by atoms with E-state index in [1.165, 1.54) is 0 Å². The van der Waals surface area contributed by atoms with Gasteiger partial charge in [0, 0.05) is 23.3 Å². The minimum Gasteiger partial charge on any atom is -0.463 e. The smallest absolute Gasteiger partial charge is 0.270 e. The van der Waals surface area contributed by atoms with Crippen LogP contribution in [0.15, 0.2) is 84.3 Å². The first-order valence-corrected chi connectivity index (χ1v) is 8.32. The Morgan fingerprint density at radius 2 is 1.93 bits per heavy atom. The lowest BCUT2D eigenvalue weighted by atomic mass is 10.1. The fourth-order valence-electron chi connectivity index (χ4n) is 2.73. The SMILES string of the molecule is C=C(NNC(=O)c1cc(-c2ccco2)nc2ccccc12)c1cccnc1. The molecule has 0 unspecified atom stereocenters. The van der Waals surface area contributed by atoms with Crippen molar-refractivity contribution >= 4 is 22.5 Å². The summed E-state index contributed by atoms with van der Waals surface area (Å²) >= 11 is 0. The third-order valence-corrected chi connectivity index (χ3v) is 4.07. The van der Waals surface area contributed by atoms with Crippen LogP contribution in [0.1, 0.15) is 15.9 Å². The van der Waals surface area contributed by atoms with Crippen LogP contribution in [0.5, 0.6) is 0 Å². The van der Waals surface area contributed by atoms with Crippen LogP contribution < -0.4 is 10.9 Å². The summed E-state index contributed by atoms with van der Waals surface area (Å²) in [4.78, 5) is 21.5. The van der Waals surface area contributed by atoms with Crippen LogP contribution >= 0.6 is 0 Å². The Balaban J connectivity index is 1.64. The number of nitrogens with zero attached hydrogens (tertiary/aromatic N) is 2. The van der Waals surface area contributed by atoms with Crippen LogP contribution in [0.2, 0.25) is 0 Å². The zero-order valence-electron chi connectivity index (χ0n) is 14.3. The number of nitrogens with one attached hydrogen (secondary N) is 2. The van der Waals surface area contributed by atoms with Gasteiger partial charge in [-0.1, -0.05) is 24.8 Å². The van der Waals surface area contributed by atoms with Gasteiger partial charge in [0.25, 0.3) is 5.91 Å². The van der Waals surface area contributed by atoms with Crippen molar-refractivity contribution in [2.75, 3.05) is 0 Å². The lowest BCUT2D eigenvalue weighted by Crippen LogP contribution is -2.36. The summed E-state index contributed by atoms with van der Waals surface area (Å²) in [6.45, 7) is 3.92. The number of pyridine rings is 2. The van der Waals surface area contributed by atoms with Crippen molar-refractivity contribution in [2.24, 2.45) is 0 Å². The second-order valence-corrected chi connectivity index (χ2v) is 5.85. The molecule has 3 aromatic heterocycles. The highest BCUT2D eigenvalue weighted by atomic mass is 16.3. The molecule has 1 aromatic carbocycles. The summed E-state index contributed by atoms with van der Waals surface area (Å²) < 4.78 is 5.43. The second kappa shape index (κ2) is 7.13. The van der Waals surface area contributed by atoms with Gasteiger partial charge in [-0.15, -0.1) is 0 Å². The predicted octanol–water partition coefficient (Wildman–Crippen LogP) is 3.80. The fraction of sp³-hybridized carbons (Fsp3) is 0. The number of carbonyl (C=O) groups excluding carboxylic acids is 1. The van der Waals surface area contributed by atoms with E-state index in [4.69, 9.17) is 4.42 Å². The molecule has 6 nitrogen and oxygen atoms in total. The van der Waals surface area contributed by atoms with Crippen LogP contribution in [0.3, 0.4) is 0 Å². The summed E-state index contributed by atoms with van der Waals surface area (Å²) in [5, 5.41) is 0.749. The van der Waals surface area contributed by atoms with Gasteiger partial charge < -0.3 is 4.42 Å². The van der Waals surface area contributed by atoms with Gasteiger partial charge >= 0.3 is 0 Å². The average Bonchev–Trinajstić information content (AvgIpc) is 3.26. The maximum absolute atomic E-state index is 12.8. The fourth-order valence-corrected chi connectivity index (χ4v) is 2.73. The summed E-state index contributed by atoms with van der Waals surface area (Å²) in [6.07, 6.45) is 4.92. The minimum absolute atomic E-state index is 0.300. The molecule has 0 atom stereocenters. The highest BCUT2D eigenvalue weighted by Gasteiger charge is 2.15. The number of hydrogen-bond acceptors (Lipinski definition) is 5. The van der Waals surface area contributed by atoms with Crippen LogP contribution in [0.4, 0.5) is 0 Å². The highest BCUT2D eigenvalue weighted by molar-refractivity contribution is 6.07. The molecule has 4 aromatic rings. The molecule has 6 heteroatoms. The normalized spacial score (nSPS) is 10.5. The molecule has 0 aliphatic carbocycles. The van der Waals surface area contributed by atoms with Gasteiger partial charge in [0.15, 0.2) is 5.76 Å². The Labute approximate surface area is 155 Å². The zero-order chi connectivity index (χ0) is 18.6. The van der Waals surface area contributed by atoms with Crippen LogP contribution in [-0.2, 0) is 0 Å². The first kappa shape index (κ1) is 16.5. The molecule has 0 saturated carbocycles. The number of benzene rings is 1. The van der Waals surface area contributed by atoms with Crippen molar-refractivity contribution < 1.29 is 9.21 Å². The molecule has 3 heterocycles. The lowest BCUT2D eigenvalue weighted by molar-refractivity contribution is 0.0944. The number of hydrazine groups is 1. The first-order chi connectivity index (χ1) is 13.2. The Hall–Kier alpha value is -3.93. The van der Waals surface area contributed by atoms with Gasteiger partial charge in [-0.25, -0.2) is 4.98 Å². The van der Waals surface area contributed by atoms with Gasteiger partial charge in [0.2, 0.25) is 0 Å². The van der Waals surface area contributed by atoms with E-state index >= 15 is 0 Å². The van der Waals surface area contributed by atoms with Gasteiger partial charge in [-0.05, 0) is 36.4 Å². The quantitative estimate of drug-likeness (QED) is 0.532. The van der Waals surface area contributed by atoms with E-state index in [0.717, 1.165) is 10.9 Å². The van der Waals surface area contributed by atoms with E-state index in [-0.39, 0.29) is 5.91 Å². The summed E-state index contributed by atoms with van der Waals surface area (Å²) in [5.41, 5.74) is 8.64. The number of hydrogen-bond donors (Lipinski definition) is 2. The van der Waals surface area contributed by atoms with Gasteiger partial charge in [-0.3, -0.25) is 20.6 Å². The maximum atomic E-state index is 12.8. The number of carbonyl (C=O) groups is 1. The van der Waals surface area contributed by atoms with Gasteiger partial charge in [-0.2, -0.15) is 0 Å². The molecule has 132 valence electrons. The zero-order valence-corrected chi connectivity index (χ0v) is 14.3. The summed E-state index contributed by atoms with van der Waals surface area (Å²) in [5.74, 6) is 0.300. The largest absolute Gasteiger partial charge is 0.463 e. The molecule has 0 fully saturated rings. The Morgan fingerprint density at radius 1 is 1.04 bits per heavy atom. The van der Waals surface area contributed by atoms with Gasteiger partial charge in [0.1, 0.15) is 5.69 Å². The second-order valence-electron chi connectivity index (χ2n) is 5.85. The number of aromatic nitrogens is 2. The molecule has 2 N–H and O–H groups in total. The average molecular weight is 356 g/mol. The summed E-state index contributed by atoms with van der Waals surface area (Å²) in [6, 6.07) is 16.4. The van der Waals surface area contributed by atoms with E-state index in [0.29, 0.717) is 28.2 Å². The van der Waals surface area contributed by atoms with Crippen molar-refractivity contribution in [1.82, 2.24) is 20.8 Å². The number of para-hydroxylation sites is 1. The molecule has 1 amide bonds. The third-order valence-electron chi connectivity index (χ3n) is 4.07. The van der Waals surface area contributed by atoms with E-state index in [9.17, 15) is 4.79 Å². The van der Waals surface area contributed by atoms with Crippen molar-refractivity contribution in [3.05, 3.63) is 91.0 Å². The number of furan rings is 1. The predicted molar refractivity (Wildman–Crippen MR) is 103 cm³/mol. The molecule has 0 radical (unpaired) electrons. The van der Waals surface area contributed by atoms with Crippen LogP contribution in [0, 0.1) is 0 Å². The maximum Gasteiger partial charge on any atom is 0.270 e.